The Labute approximate surface area is 182 Å². The van der Waals surface area contributed by atoms with Gasteiger partial charge in [0.15, 0.2) is 0 Å². The summed E-state index contributed by atoms with van der Waals surface area (Å²) in [5, 5.41) is 2.81. The topological polar surface area (TPSA) is 80.6 Å². The van der Waals surface area contributed by atoms with Crippen LogP contribution in [0, 0.1) is 6.92 Å². The average molecular weight is 440 g/mol. The number of aromatic nitrogens is 1. The van der Waals surface area contributed by atoms with Crippen LogP contribution in [-0.4, -0.2) is 36.3 Å². The lowest BCUT2D eigenvalue weighted by Gasteiger charge is -2.13. The molecular weight excluding hydrogens is 414 g/mol. The molecule has 3 aromatic rings. The summed E-state index contributed by atoms with van der Waals surface area (Å²) >= 11 is 0. The fourth-order valence-electron chi connectivity index (χ4n) is 3.52. The molecule has 4 rings (SSSR count). The number of sulfonamides is 1. The first kappa shape index (κ1) is 21.1. The van der Waals surface area contributed by atoms with Gasteiger partial charge < -0.3 is 14.6 Å². The zero-order valence-electron chi connectivity index (χ0n) is 17.5. The first-order chi connectivity index (χ1) is 14.8. The standard InChI is InChI=1S/C23H25N3O4S/c1-17-5-9-19(10-6-17)30-20-11-7-18(8-12-20)24-23(27)22-15-21(16-25(22)2)31(28,29)26-13-3-4-14-26/h5-12,15-16H,3-4,13-14H2,1-2H3,(H,24,27). The molecule has 0 radical (unpaired) electrons. The Bertz CT molecular complexity index is 1180. The van der Waals surface area contributed by atoms with Gasteiger partial charge in [-0.15, -0.1) is 0 Å². The minimum Gasteiger partial charge on any atom is -0.457 e. The largest absolute Gasteiger partial charge is 0.457 e. The van der Waals surface area contributed by atoms with E-state index in [4.69, 9.17) is 4.74 Å². The Morgan fingerprint density at radius 2 is 1.55 bits per heavy atom. The van der Waals surface area contributed by atoms with Gasteiger partial charge in [0.1, 0.15) is 22.1 Å². The van der Waals surface area contributed by atoms with Crippen molar-refractivity contribution in [3.8, 4) is 11.5 Å². The quantitative estimate of drug-likeness (QED) is 0.625. The van der Waals surface area contributed by atoms with Gasteiger partial charge in [0.05, 0.1) is 0 Å². The van der Waals surface area contributed by atoms with Gasteiger partial charge >= 0.3 is 0 Å². The molecule has 0 atom stereocenters. The number of aryl methyl sites for hydroxylation is 2. The number of nitrogens with zero attached hydrogens (tertiary/aromatic N) is 2. The summed E-state index contributed by atoms with van der Waals surface area (Å²) in [5.41, 5.74) is 2.02. The second-order valence-electron chi connectivity index (χ2n) is 7.68. The molecule has 2 heterocycles. The third-order valence-electron chi connectivity index (χ3n) is 5.28. The molecule has 1 aromatic heterocycles. The summed E-state index contributed by atoms with van der Waals surface area (Å²) in [6.45, 7) is 3.06. The normalized spacial score (nSPS) is 14.5. The Morgan fingerprint density at radius 1 is 0.968 bits per heavy atom. The van der Waals surface area contributed by atoms with Gasteiger partial charge in [-0.05, 0) is 62.2 Å². The van der Waals surface area contributed by atoms with E-state index in [2.05, 4.69) is 5.32 Å². The van der Waals surface area contributed by atoms with Crippen molar-refractivity contribution >= 4 is 21.6 Å². The van der Waals surface area contributed by atoms with Crippen LogP contribution in [0.5, 0.6) is 11.5 Å². The molecule has 0 saturated carbocycles. The van der Waals surface area contributed by atoms with Crippen molar-refractivity contribution < 1.29 is 17.9 Å². The maximum atomic E-state index is 12.8. The highest BCUT2D eigenvalue weighted by Crippen LogP contribution is 2.25. The highest BCUT2D eigenvalue weighted by atomic mass is 32.2. The predicted octanol–water partition coefficient (Wildman–Crippen LogP) is 4.16. The molecule has 1 aliphatic rings. The maximum Gasteiger partial charge on any atom is 0.272 e. The van der Waals surface area contributed by atoms with E-state index in [1.807, 2.05) is 31.2 Å². The fourth-order valence-corrected chi connectivity index (χ4v) is 5.11. The van der Waals surface area contributed by atoms with Crippen LogP contribution in [0.25, 0.3) is 0 Å². The Kier molecular flexibility index (Phi) is 5.84. The number of carbonyl (C=O) groups excluding carboxylic acids is 1. The van der Waals surface area contributed by atoms with Gasteiger partial charge in [-0.3, -0.25) is 4.79 Å². The zero-order valence-corrected chi connectivity index (χ0v) is 18.4. The second kappa shape index (κ2) is 8.56. The van der Waals surface area contributed by atoms with Crippen LogP contribution in [0.2, 0.25) is 0 Å². The summed E-state index contributed by atoms with van der Waals surface area (Å²) in [5.74, 6) is 1.01. The molecule has 1 amide bonds. The highest BCUT2D eigenvalue weighted by molar-refractivity contribution is 7.89. The lowest BCUT2D eigenvalue weighted by atomic mass is 10.2. The molecule has 0 unspecified atom stereocenters. The van der Waals surface area contributed by atoms with Crippen molar-refractivity contribution in [1.82, 2.24) is 8.87 Å². The van der Waals surface area contributed by atoms with Crippen LogP contribution in [0.1, 0.15) is 28.9 Å². The van der Waals surface area contributed by atoms with Gasteiger partial charge in [0.25, 0.3) is 5.91 Å². The summed E-state index contributed by atoms with van der Waals surface area (Å²) in [7, 11) is -1.91. The molecule has 0 bridgehead atoms. The van der Waals surface area contributed by atoms with E-state index in [0.717, 1.165) is 24.2 Å². The van der Waals surface area contributed by atoms with Gasteiger partial charge in [0, 0.05) is 32.0 Å². The molecule has 1 aliphatic heterocycles. The van der Waals surface area contributed by atoms with Crippen molar-refractivity contribution in [3.05, 3.63) is 72.1 Å². The van der Waals surface area contributed by atoms with E-state index < -0.39 is 10.0 Å². The molecule has 8 heteroatoms. The summed E-state index contributed by atoms with van der Waals surface area (Å²) < 4.78 is 34.3. The van der Waals surface area contributed by atoms with Crippen molar-refractivity contribution in [2.45, 2.75) is 24.7 Å². The van der Waals surface area contributed by atoms with Crippen LogP contribution >= 0.6 is 0 Å². The van der Waals surface area contributed by atoms with Crippen LogP contribution in [0.3, 0.4) is 0 Å². The van der Waals surface area contributed by atoms with E-state index in [1.54, 1.807) is 31.3 Å². The van der Waals surface area contributed by atoms with Gasteiger partial charge in [-0.1, -0.05) is 17.7 Å². The minimum atomic E-state index is -3.57. The van der Waals surface area contributed by atoms with E-state index in [9.17, 15) is 13.2 Å². The van der Waals surface area contributed by atoms with Gasteiger partial charge in [-0.2, -0.15) is 4.31 Å². The summed E-state index contributed by atoms with van der Waals surface area (Å²) in [4.78, 5) is 12.9. The van der Waals surface area contributed by atoms with Crippen molar-refractivity contribution in [3.63, 3.8) is 0 Å². The number of hydrogen-bond donors (Lipinski definition) is 1. The van der Waals surface area contributed by atoms with Crippen molar-refractivity contribution in [1.29, 1.82) is 0 Å². The molecule has 7 nitrogen and oxygen atoms in total. The Balaban J connectivity index is 1.44. The third kappa shape index (κ3) is 4.65. The first-order valence-electron chi connectivity index (χ1n) is 10.2. The lowest BCUT2D eigenvalue weighted by molar-refractivity contribution is 0.101. The summed E-state index contributed by atoms with van der Waals surface area (Å²) in [6.07, 6.45) is 3.22. The number of hydrogen-bond acceptors (Lipinski definition) is 4. The molecule has 1 N–H and O–H groups in total. The maximum absolute atomic E-state index is 12.8. The Morgan fingerprint density at radius 3 is 2.16 bits per heavy atom. The van der Waals surface area contributed by atoms with E-state index in [-0.39, 0.29) is 16.5 Å². The average Bonchev–Trinajstić information content (AvgIpc) is 3.42. The van der Waals surface area contributed by atoms with Crippen molar-refractivity contribution in [2.24, 2.45) is 7.05 Å². The smallest absolute Gasteiger partial charge is 0.272 e. The molecule has 0 aliphatic carbocycles. The van der Waals surface area contributed by atoms with E-state index in [1.165, 1.54) is 21.1 Å². The SMILES string of the molecule is Cc1ccc(Oc2ccc(NC(=O)c3cc(S(=O)(=O)N4CCCC4)cn3C)cc2)cc1. The predicted molar refractivity (Wildman–Crippen MR) is 119 cm³/mol. The molecule has 31 heavy (non-hydrogen) atoms. The first-order valence-corrected chi connectivity index (χ1v) is 11.6. The minimum absolute atomic E-state index is 0.142. The van der Waals surface area contributed by atoms with Crippen LogP contribution in [0.4, 0.5) is 5.69 Å². The number of benzene rings is 2. The Hall–Kier alpha value is -3.10. The van der Waals surface area contributed by atoms with Crippen LogP contribution in [0.15, 0.2) is 65.7 Å². The van der Waals surface area contributed by atoms with Crippen LogP contribution < -0.4 is 10.1 Å². The lowest BCUT2D eigenvalue weighted by Crippen LogP contribution is -2.27. The zero-order chi connectivity index (χ0) is 22.0. The molecular formula is C23H25N3O4S. The third-order valence-corrected chi connectivity index (χ3v) is 7.15. The second-order valence-corrected chi connectivity index (χ2v) is 9.61. The van der Waals surface area contributed by atoms with Crippen LogP contribution in [-0.2, 0) is 17.1 Å². The number of amides is 1. The molecule has 2 aromatic carbocycles. The fraction of sp³-hybridized carbons (Fsp3) is 0.261. The monoisotopic (exact) mass is 439 g/mol. The summed E-state index contributed by atoms with van der Waals surface area (Å²) in [6, 6.07) is 16.2. The van der Waals surface area contributed by atoms with E-state index in [0.29, 0.717) is 24.5 Å². The molecule has 1 fully saturated rings. The number of rotatable bonds is 6. The number of carbonyl (C=O) groups is 1. The molecule has 1 saturated heterocycles. The van der Waals surface area contributed by atoms with Crippen molar-refractivity contribution in [2.75, 3.05) is 18.4 Å². The number of anilines is 1. The van der Waals surface area contributed by atoms with Gasteiger partial charge in [-0.25, -0.2) is 8.42 Å². The number of ether oxygens (including phenoxy) is 1. The highest BCUT2D eigenvalue weighted by Gasteiger charge is 2.29. The van der Waals surface area contributed by atoms with Gasteiger partial charge in [0.2, 0.25) is 10.0 Å². The molecule has 0 spiro atoms. The molecule has 162 valence electrons. The number of nitrogens with one attached hydrogen (secondary N) is 1. The van der Waals surface area contributed by atoms with E-state index >= 15 is 0 Å².